The molecule has 1 heterocycles. The van der Waals surface area contributed by atoms with Crippen molar-refractivity contribution in [1.82, 2.24) is 10.2 Å². The molecule has 0 saturated carbocycles. The van der Waals surface area contributed by atoms with Crippen LogP contribution in [0.2, 0.25) is 0 Å². The monoisotopic (exact) mass is 218 g/mol. The van der Waals surface area contributed by atoms with E-state index in [0.717, 1.165) is 16.8 Å². The molecule has 0 aliphatic carbocycles. The van der Waals surface area contributed by atoms with Gasteiger partial charge in [-0.2, -0.15) is 5.10 Å². The summed E-state index contributed by atoms with van der Waals surface area (Å²) in [5.74, 6) is -0.288. The zero-order chi connectivity index (χ0) is 11.4. The van der Waals surface area contributed by atoms with Gasteiger partial charge in [0.15, 0.2) is 0 Å². The van der Waals surface area contributed by atoms with Crippen molar-refractivity contribution < 1.29 is 9.50 Å². The number of nitrogens with one attached hydrogen (secondary N) is 1. The fourth-order valence-corrected chi connectivity index (χ4v) is 1.48. The van der Waals surface area contributed by atoms with E-state index < -0.39 is 0 Å². The maximum absolute atomic E-state index is 13.1. The molecule has 1 aromatic carbocycles. The molecule has 0 atom stereocenters. The Morgan fingerprint density at radius 3 is 3.06 bits per heavy atom. The van der Waals surface area contributed by atoms with Gasteiger partial charge >= 0.3 is 0 Å². The number of hydrogen-bond donors (Lipinski definition) is 2. The molecule has 0 fully saturated rings. The van der Waals surface area contributed by atoms with Crippen molar-refractivity contribution in [3.63, 3.8) is 0 Å². The van der Waals surface area contributed by atoms with E-state index in [0.29, 0.717) is 0 Å². The van der Waals surface area contributed by atoms with E-state index in [1.165, 1.54) is 12.1 Å². The largest absolute Gasteiger partial charge is 0.392 e. The number of H-pyrrole nitrogens is 1. The quantitative estimate of drug-likeness (QED) is 0.829. The number of aliphatic hydroxyl groups excluding tert-OH is 1. The molecule has 0 aliphatic heterocycles. The van der Waals surface area contributed by atoms with Crippen LogP contribution in [0.15, 0.2) is 36.5 Å². The lowest BCUT2D eigenvalue weighted by atomic mass is 10.1. The Balaban J connectivity index is 2.40. The van der Waals surface area contributed by atoms with Crippen LogP contribution in [0.3, 0.4) is 0 Å². The average Bonchev–Trinajstić information content (AvgIpc) is 2.74. The van der Waals surface area contributed by atoms with Gasteiger partial charge in [-0.3, -0.25) is 5.10 Å². The van der Waals surface area contributed by atoms with Gasteiger partial charge in [0.25, 0.3) is 0 Å². The van der Waals surface area contributed by atoms with Gasteiger partial charge in [0, 0.05) is 11.1 Å². The van der Waals surface area contributed by atoms with Crippen LogP contribution in [0, 0.1) is 5.82 Å². The third-order valence-electron chi connectivity index (χ3n) is 2.18. The third-order valence-corrected chi connectivity index (χ3v) is 2.18. The predicted octanol–water partition coefficient (Wildman–Crippen LogP) is 2.22. The van der Waals surface area contributed by atoms with Crippen molar-refractivity contribution in [3.05, 3.63) is 47.9 Å². The maximum Gasteiger partial charge on any atom is 0.123 e. The summed E-state index contributed by atoms with van der Waals surface area (Å²) in [5.41, 5.74) is 2.29. The minimum absolute atomic E-state index is 0.0340. The Morgan fingerprint density at radius 1 is 1.44 bits per heavy atom. The number of benzene rings is 1. The SMILES string of the molecule is OCC=Cc1cn[nH]c1-c1cccc(F)c1. The van der Waals surface area contributed by atoms with Crippen LogP contribution in [0.4, 0.5) is 4.39 Å². The molecule has 1 aromatic heterocycles. The van der Waals surface area contributed by atoms with E-state index in [9.17, 15) is 4.39 Å². The second-order valence-corrected chi connectivity index (χ2v) is 3.30. The molecule has 2 N–H and O–H groups in total. The summed E-state index contributed by atoms with van der Waals surface area (Å²) in [6.45, 7) is -0.0340. The van der Waals surface area contributed by atoms with Crippen LogP contribution in [0.1, 0.15) is 5.56 Å². The zero-order valence-electron chi connectivity index (χ0n) is 8.52. The highest BCUT2D eigenvalue weighted by atomic mass is 19.1. The first-order chi connectivity index (χ1) is 7.81. The molecular formula is C12H11FN2O. The van der Waals surface area contributed by atoms with E-state index in [-0.39, 0.29) is 12.4 Å². The summed E-state index contributed by atoms with van der Waals surface area (Å²) in [6.07, 6.45) is 4.98. The summed E-state index contributed by atoms with van der Waals surface area (Å²) >= 11 is 0. The first kappa shape index (κ1) is 10.6. The Bertz CT molecular complexity index is 505. The fourth-order valence-electron chi connectivity index (χ4n) is 1.48. The minimum atomic E-state index is -0.288. The van der Waals surface area contributed by atoms with Crippen LogP contribution < -0.4 is 0 Å². The molecule has 0 amide bonds. The van der Waals surface area contributed by atoms with Gasteiger partial charge in [0.2, 0.25) is 0 Å². The summed E-state index contributed by atoms with van der Waals surface area (Å²) in [6, 6.07) is 6.27. The molecule has 0 aliphatic rings. The van der Waals surface area contributed by atoms with E-state index in [1.807, 2.05) is 0 Å². The van der Waals surface area contributed by atoms with E-state index in [2.05, 4.69) is 10.2 Å². The zero-order valence-corrected chi connectivity index (χ0v) is 8.52. The molecule has 82 valence electrons. The van der Waals surface area contributed by atoms with Crippen molar-refractivity contribution in [1.29, 1.82) is 0 Å². The molecule has 0 bridgehead atoms. The summed E-state index contributed by atoms with van der Waals surface area (Å²) in [7, 11) is 0. The predicted molar refractivity (Wildman–Crippen MR) is 60.1 cm³/mol. The van der Waals surface area contributed by atoms with Gasteiger partial charge in [0.05, 0.1) is 18.5 Å². The van der Waals surface area contributed by atoms with Crippen molar-refractivity contribution in [2.75, 3.05) is 6.61 Å². The first-order valence-electron chi connectivity index (χ1n) is 4.88. The number of aromatic amines is 1. The topological polar surface area (TPSA) is 48.9 Å². The fraction of sp³-hybridized carbons (Fsp3) is 0.0833. The van der Waals surface area contributed by atoms with Gasteiger partial charge in [-0.05, 0) is 12.1 Å². The van der Waals surface area contributed by atoms with Crippen molar-refractivity contribution in [2.24, 2.45) is 0 Å². The molecule has 16 heavy (non-hydrogen) atoms. The van der Waals surface area contributed by atoms with E-state index in [4.69, 9.17) is 5.11 Å². The van der Waals surface area contributed by atoms with E-state index >= 15 is 0 Å². The number of aromatic nitrogens is 2. The van der Waals surface area contributed by atoms with Crippen LogP contribution in [-0.4, -0.2) is 21.9 Å². The average molecular weight is 218 g/mol. The van der Waals surface area contributed by atoms with E-state index in [1.54, 1.807) is 30.5 Å². The summed E-state index contributed by atoms with van der Waals surface area (Å²) in [4.78, 5) is 0. The molecule has 2 rings (SSSR count). The number of rotatable bonds is 3. The molecule has 0 radical (unpaired) electrons. The lowest BCUT2D eigenvalue weighted by Crippen LogP contribution is -1.83. The van der Waals surface area contributed by atoms with Crippen molar-refractivity contribution in [2.45, 2.75) is 0 Å². The smallest absolute Gasteiger partial charge is 0.123 e. The molecule has 0 spiro atoms. The highest BCUT2D eigenvalue weighted by molar-refractivity contribution is 5.71. The molecule has 4 heteroatoms. The second kappa shape index (κ2) is 4.72. The maximum atomic E-state index is 13.1. The number of halogens is 1. The van der Waals surface area contributed by atoms with Crippen LogP contribution in [0.25, 0.3) is 17.3 Å². The summed E-state index contributed by atoms with van der Waals surface area (Å²) in [5, 5.41) is 15.4. The molecular weight excluding hydrogens is 207 g/mol. The van der Waals surface area contributed by atoms with Gasteiger partial charge < -0.3 is 5.11 Å². The molecule has 0 unspecified atom stereocenters. The number of nitrogens with zero attached hydrogens (tertiary/aromatic N) is 1. The third kappa shape index (κ3) is 2.17. The number of aliphatic hydroxyl groups is 1. The van der Waals surface area contributed by atoms with Gasteiger partial charge in [-0.15, -0.1) is 0 Å². The lowest BCUT2D eigenvalue weighted by molar-refractivity contribution is 0.343. The van der Waals surface area contributed by atoms with Gasteiger partial charge in [-0.1, -0.05) is 24.3 Å². The van der Waals surface area contributed by atoms with Crippen molar-refractivity contribution >= 4 is 6.08 Å². The van der Waals surface area contributed by atoms with Crippen LogP contribution in [-0.2, 0) is 0 Å². The highest BCUT2D eigenvalue weighted by Crippen LogP contribution is 2.22. The van der Waals surface area contributed by atoms with Crippen LogP contribution >= 0.6 is 0 Å². The number of hydrogen-bond acceptors (Lipinski definition) is 2. The highest BCUT2D eigenvalue weighted by Gasteiger charge is 2.05. The first-order valence-corrected chi connectivity index (χ1v) is 4.88. The minimum Gasteiger partial charge on any atom is -0.392 e. The second-order valence-electron chi connectivity index (χ2n) is 3.30. The van der Waals surface area contributed by atoms with Crippen LogP contribution in [0.5, 0.6) is 0 Å². The molecule has 2 aromatic rings. The Morgan fingerprint density at radius 2 is 2.31 bits per heavy atom. The van der Waals surface area contributed by atoms with Gasteiger partial charge in [-0.25, -0.2) is 4.39 Å². The molecule has 0 saturated heterocycles. The van der Waals surface area contributed by atoms with Crippen molar-refractivity contribution in [3.8, 4) is 11.3 Å². The summed E-state index contributed by atoms with van der Waals surface area (Å²) < 4.78 is 13.1. The normalized spacial score (nSPS) is 11.1. The lowest BCUT2D eigenvalue weighted by Gasteiger charge is -1.99. The standard InChI is InChI=1S/C12H11FN2O/c13-11-5-1-3-9(7-11)12-10(4-2-6-16)8-14-15-12/h1-5,7-8,16H,6H2,(H,14,15). The van der Waals surface area contributed by atoms with Gasteiger partial charge in [0.1, 0.15) is 5.82 Å². The Kier molecular flexibility index (Phi) is 3.12. The molecule has 3 nitrogen and oxygen atoms in total. The Hall–Kier alpha value is -1.94. The Labute approximate surface area is 92.3 Å².